The molecule has 0 aliphatic rings. The van der Waals surface area contributed by atoms with Gasteiger partial charge in [0.1, 0.15) is 18.1 Å². The molecule has 0 fully saturated rings. The van der Waals surface area contributed by atoms with Crippen molar-refractivity contribution in [3.63, 3.8) is 0 Å². The second-order valence-corrected chi connectivity index (χ2v) is 4.66. The number of ketones is 1. The zero-order valence-corrected chi connectivity index (χ0v) is 11.7. The van der Waals surface area contributed by atoms with Crippen molar-refractivity contribution in [1.82, 2.24) is 0 Å². The Kier molecular flexibility index (Phi) is 4.41. The number of hydrogen-bond donors (Lipinski definition) is 1. The predicted octanol–water partition coefficient (Wildman–Crippen LogP) is 3.74. The molecule has 2 aromatic carbocycles. The number of aromatic hydroxyl groups is 1. The monoisotopic (exact) mass is 270 g/mol. The van der Waals surface area contributed by atoms with E-state index in [1.807, 2.05) is 43.3 Å². The molecule has 0 bridgehead atoms. The van der Waals surface area contributed by atoms with Crippen molar-refractivity contribution in [2.24, 2.45) is 0 Å². The summed E-state index contributed by atoms with van der Waals surface area (Å²) in [7, 11) is 0. The van der Waals surface area contributed by atoms with Gasteiger partial charge in [0.2, 0.25) is 0 Å². The van der Waals surface area contributed by atoms with Crippen molar-refractivity contribution in [3.05, 3.63) is 59.2 Å². The Labute approximate surface area is 118 Å². The fourth-order valence-corrected chi connectivity index (χ4v) is 2.17. The first-order valence-corrected chi connectivity index (χ1v) is 6.65. The van der Waals surface area contributed by atoms with Crippen molar-refractivity contribution in [3.8, 4) is 11.5 Å². The smallest absolute Gasteiger partial charge is 0.163 e. The minimum absolute atomic E-state index is 0.0140. The van der Waals surface area contributed by atoms with Crippen LogP contribution in [0.5, 0.6) is 11.5 Å². The molecule has 0 amide bonds. The molecule has 0 radical (unpaired) electrons. The van der Waals surface area contributed by atoms with Gasteiger partial charge in [-0.2, -0.15) is 0 Å². The number of phenolic OH excluding ortho intramolecular Hbond substituents is 1. The largest absolute Gasteiger partial charge is 0.507 e. The van der Waals surface area contributed by atoms with Gasteiger partial charge in [-0.1, -0.05) is 37.3 Å². The Morgan fingerprint density at radius 1 is 1.20 bits per heavy atom. The van der Waals surface area contributed by atoms with Gasteiger partial charge in [-0.15, -0.1) is 0 Å². The second-order valence-electron chi connectivity index (χ2n) is 4.66. The van der Waals surface area contributed by atoms with E-state index in [9.17, 15) is 9.90 Å². The summed E-state index contributed by atoms with van der Waals surface area (Å²) in [6, 6.07) is 13.1. The molecule has 0 saturated heterocycles. The third-order valence-electron chi connectivity index (χ3n) is 3.15. The van der Waals surface area contributed by atoms with Crippen LogP contribution in [-0.2, 0) is 13.0 Å². The Balaban J connectivity index is 2.21. The number of carbonyl (C=O) groups excluding carboxylic acids is 1. The minimum Gasteiger partial charge on any atom is -0.507 e. The van der Waals surface area contributed by atoms with Crippen molar-refractivity contribution < 1.29 is 14.6 Å². The third-order valence-corrected chi connectivity index (χ3v) is 3.15. The van der Waals surface area contributed by atoms with Crippen LogP contribution in [-0.4, -0.2) is 10.9 Å². The number of benzene rings is 2. The van der Waals surface area contributed by atoms with Crippen molar-refractivity contribution >= 4 is 5.78 Å². The van der Waals surface area contributed by atoms with Crippen LogP contribution >= 0.6 is 0 Å². The number of hydrogen-bond acceptors (Lipinski definition) is 3. The summed E-state index contributed by atoms with van der Waals surface area (Å²) in [6.07, 6.45) is 0.672. The third kappa shape index (κ3) is 3.18. The highest BCUT2D eigenvalue weighted by Gasteiger charge is 2.13. The van der Waals surface area contributed by atoms with E-state index in [-0.39, 0.29) is 11.5 Å². The van der Waals surface area contributed by atoms with E-state index in [4.69, 9.17) is 4.74 Å². The van der Waals surface area contributed by atoms with Gasteiger partial charge in [0.05, 0.1) is 5.56 Å². The highest BCUT2D eigenvalue weighted by atomic mass is 16.5. The lowest BCUT2D eigenvalue weighted by Gasteiger charge is -2.12. The van der Waals surface area contributed by atoms with Gasteiger partial charge in [0, 0.05) is 6.07 Å². The molecule has 104 valence electrons. The number of carbonyl (C=O) groups is 1. The van der Waals surface area contributed by atoms with Crippen molar-refractivity contribution in [2.45, 2.75) is 26.9 Å². The van der Waals surface area contributed by atoms with Crippen LogP contribution < -0.4 is 4.74 Å². The summed E-state index contributed by atoms with van der Waals surface area (Å²) in [4.78, 5) is 11.5. The first-order chi connectivity index (χ1) is 9.61. The maximum atomic E-state index is 11.5. The van der Waals surface area contributed by atoms with E-state index in [1.54, 1.807) is 0 Å². The van der Waals surface area contributed by atoms with Crippen LogP contribution in [0.1, 0.15) is 35.3 Å². The first-order valence-electron chi connectivity index (χ1n) is 6.65. The quantitative estimate of drug-likeness (QED) is 0.842. The number of aryl methyl sites for hydroxylation is 1. The molecule has 0 atom stereocenters. The van der Waals surface area contributed by atoms with E-state index in [2.05, 4.69) is 0 Å². The Hall–Kier alpha value is -2.29. The summed E-state index contributed by atoms with van der Waals surface area (Å²) in [6.45, 7) is 3.84. The fraction of sp³-hybridized carbons (Fsp3) is 0.235. The van der Waals surface area contributed by atoms with E-state index >= 15 is 0 Å². The van der Waals surface area contributed by atoms with Gasteiger partial charge in [0.25, 0.3) is 0 Å². The van der Waals surface area contributed by atoms with Crippen LogP contribution in [0.15, 0.2) is 42.5 Å². The molecule has 2 rings (SSSR count). The van der Waals surface area contributed by atoms with Gasteiger partial charge in [-0.3, -0.25) is 4.79 Å². The molecule has 0 saturated carbocycles. The Morgan fingerprint density at radius 3 is 2.50 bits per heavy atom. The molecule has 20 heavy (non-hydrogen) atoms. The minimum atomic E-state index is -0.131. The molecule has 0 aliphatic carbocycles. The zero-order chi connectivity index (χ0) is 14.5. The zero-order valence-electron chi connectivity index (χ0n) is 11.7. The van der Waals surface area contributed by atoms with Gasteiger partial charge in [0.15, 0.2) is 5.78 Å². The molecular weight excluding hydrogens is 252 g/mol. The number of Topliss-reactive ketones (excluding diaryl/α,β-unsaturated/α-hetero) is 1. The van der Waals surface area contributed by atoms with E-state index in [0.717, 1.165) is 11.1 Å². The standard InChI is InChI=1S/C17H18O3/c1-3-14-9-15(10-16(19)17(14)12(2)18)20-11-13-7-5-4-6-8-13/h4-10,19H,3,11H2,1-2H3. The normalized spacial score (nSPS) is 10.3. The molecule has 1 N–H and O–H groups in total. The molecule has 0 heterocycles. The lowest BCUT2D eigenvalue weighted by Crippen LogP contribution is -2.02. The van der Waals surface area contributed by atoms with Gasteiger partial charge < -0.3 is 9.84 Å². The first kappa shape index (κ1) is 14.1. The van der Waals surface area contributed by atoms with Crippen LogP contribution in [0, 0.1) is 0 Å². The summed E-state index contributed by atoms with van der Waals surface area (Å²) in [5, 5.41) is 9.97. The van der Waals surface area contributed by atoms with Gasteiger partial charge in [-0.25, -0.2) is 0 Å². The molecular formula is C17H18O3. The maximum Gasteiger partial charge on any atom is 0.163 e. The van der Waals surface area contributed by atoms with E-state index < -0.39 is 0 Å². The number of phenols is 1. The SMILES string of the molecule is CCc1cc(OCc2ccccc2)cc(O)c1C(C)=O. The lowest BCUT2D eigenvalue weighted by atomic mass is 10.0. The van der Waals surface area contributed by atoms with Crippen molar-refractivity contribution in [2.75, 3.05) is 0 Å². The van der Waals surface area contributed by atoms with E-state index in [1.165, 1.54) is 13.0 Å². The maximum absolute atomic E-state index is 11.5. The molecule has 3 heteroatoms. The summed E-state index contributed by atoms with van der Waals surface area (Å²) < 4.78 is 5.68. The molecule has 0 unspecified atom stereocenters. The molecule has 0 aromatic heterocycles. The molecule has 2 aromatic rings. The van der Waals surface area contributed by atoms with Crippen LogP contribution in [0.2, 0.25) is 0 Å². The summed E-state index contributed by atoms with van der Waals surface area (Å²) in [5.74, 6) is 0.432. The highest BCUT2D eigenvalue weighted by Crippen LogP contribution is 2.29. The summed E-state index contributed by atoms with van der Waals surface area (Å²) >= 11 is 0. The van der Waals surface area contributed by atoms with Crippen LogP contribution in [0.4, 0.5) is 0 Å². The number of rotatable bonds is 5. The van der Waals surface area contributed by atoms with Crippen LogP contribution in [0.3, 0.4) is 0 Å². The number of ether oxygens (including phenoxy) is 1. The van der Waals surface area contributed by atoms with Gasteiger partial charge >= 0.3 is 0 Å². The predicted molar refractivity (Wildman–Crippen MR) is 78.3 cm³/mol. The van der Waals surface area contributed by atoms with Crippen LogP contribution in [0.25, 0.3) is 0 Å². The molecule has 3 nitrogen and oxygen atoms in total. The van der Waals surface area contributed by atoms with E-state index in [0.29, 0.717) is 24.3 Å². The topological polar surface area (TPSA) is 46.5 Å². The average Bonchev–Trinajstić information content (AvgIpc) is 2.45. The average molecular weight is 270 g/mol. The highest BCUT2D eigenvalue weighted by molar-refractivity contribution is 5.98. The Bertz CT molecular complexity index is 603. The van der Waals surface area contributed by atoms with Crippen molar-refractivity contribution in [1.29, 1.82) is 0 Å². The summed E-state index contributed by atoms with van der Waals surface area (Å²) in [5.41, 5.74) is 2.25. The van der Waals surface area contributed by atoms with Gasteiger partial charge in [-0.05, 0) is 30.5 Å². The molecule has 0 aliphatic heterocycles. The molecule has 0 spiro atoms. The second kappa shape index (κ2) is 6.24. The fourth-order valence-electron chi connectivity index (χ4n) is 2.17. The lowest BCUT2D eigenvalue weighted by molar-refractivity contribution is 0.101. The Morgan fingerprint density at radius 2 is 1.90 bits per heavy atom.